The molecule has 1 saturated heterocycles. The first kappa shape index (κ1) is 14.7. The van der Waals surface area contributed by atoms with Gasteiger partial charge in [0.15, 0.2) is 0 Å². The van der Waals surface area contributed by atoms with E-state index in [9.17, 15) is 4.79 Å². The largest absolute Gasteiger partial charge is 0.375 e. The van der Waals surface area contributed by atoms with Crippen molar-refractivity contribution in [2.45, 2.75) is 26.4 Å². The molecule has 1 amide bonds. The van der Waals surface area contributed by atoms with Gasteiger partial charge in [0.05, 0.1) is 12.7 Å². The zero-order chi connectivity index (χ0) is 10.6. The summed E-state index contributed by atoms with van der Waals surface area (Å²) in [5, 5.41) is 0. The average molecular weight is 237 g/mol. The molecule has 15 heavy (non-hydrogen) atoms. The number of nitrogens with zero attached hydrogens (tertiary/aromatic N) is 1. The van der Waals surface area contributed by atoms with Crippen LogP contribution in [0.1, 0.15) is 20.3 Å². The number of halogens is 1. The van der Waals surface area contributed by atoms with Crippen LogP contribution in [0, 0.1) is 5.92 Å². The van der Waals surface area contributed by atoms with Gasteiger partial charge in [-0.15, -0.1) is 12.4 Å². The van der Waals surface area contributed by atoms with Crippen molar-refractivity contribution < 1.29 is 9.53 Å². The number of hydrogen-bond acceptors (Lipinski definition) is 3. The van der Waals surface area contributed by atoms with Gasteiger partial charge in [0.25, 0.3) is 0 Å². The highest BCUT2D eigenvalue weighted by atomic mass is 35.5. The molecule has 1 fully saturated rings. The molecule has 0 saturated carbocycles. The smallest absolute Gasteiger partial charge is 0.226 e. The molecule has 1 aliphatic heterocycles. The van der Waals surface area contributed by atoms with Crippen LogP contribution >= 0.6 is 12.4 Å². The molecule has 2 unspecified atom stereocenters. The van der Waals surface area contributed by atoms with Crippen LogP contribution in [0.25, 0.3) is 0 Å². The maximum Gasteiger partial charge on any atom is 0.226 e. The fraction of sp³-hybridized carbons (Fsp3) is 0.900. The molecule has 4 nitrogen and oxygen atoms in total. The van der Waals surface area contributed by atoms with Crippen LogP contribution < -0.4 is 5.73 Å². The molecule has 0 aromatic rings. The lowest BCUT2D eigenvalue weighted by molar-refractivity contribution is -0.142. The molecule has 0 aromatic carbocycles. The summed E-state index contributed by atoms with van der Waals surface area (Å²) in [5.41, 5.74) is 5.47. The maximum atomic E-state index is 11.8. The van der Waals surface area contributed by atoms with E-state index >= 15 is 0 Å². The minimum Gasteiger partial charge on any atom is -0.375 e. The minimum atomic E-state index is -0.0643. The van der Waals surface area contributed by atoms with Crippen LogP contribution in [-0.4, -0.2) is 43.2 Å². The number of nitrogens with two attached hydrogens (primary N) is 1. The molecule has 0 aliphatic carbocycles. The second kappa shape index (κ2) is 7.04. The Labute approximate surface area is 97.5 Å². The van der Waals surface area contributed by atoms with E-state index in [1.165, 1.54) is 0 Å². The second-order valence-corrected chi connectivity index (χ2v) is 3.82. The summed E-state index contributed by atoms with van der Waals surface area (Å²) >= 11 is 0. The lowest BCUT2D eigenvalue weighted by Crippen LogP contribution is -2.48. The standard InChI is InChI=1S/C10H20N2O2.ClH/c1-3-9-7-12(4-5-14-9)10(13)8(2)6-11;/h8-9H,3-7,11H2,1-2H3;1H. The van der Waals surface area contributed by atoms with Crippen molar-refractivity contribution >= 4 is 18.3 Å². The third-order valence-corrected chi connectivity index (χ3v) is 2.68. The first-order valence-electron chi connectivity index (χ1n) is 5.29. The van der Waals surface area contributed by atoms with Gasteiger partial charge in [-0.3, -0.25) is 4.79 Å². The minimum absolute atomic E-state index is 0. The van der Waals surface area contributed by atoms with Gasteiger partial charge in [-0.2, -0.15) is 0 Å². The predicted molar refractivity (Wildman–Crippen MR) is 62.1 cm³/mol. The van der Waals surface area contributed by atoms with Gasteiger partial charge in [-0.1, -0.05) is 13.8 Å². The third kappa shape index (κ3) is 3.97. The van der Waals surface area contributed by atoms with Gasteiger partial charge in [-0.25, -0.2) is 0 Å². The summed E-state index contributed by atoms with van der Waals surface area (Å²) in [6.07, 6.45) is 1.17. The van der Waals surface area contributed by atoms with Gasteiger partial charge in [0, 0.05) is 25.6 Å². The number of rotatable bonds is 3. The summed E-state index contributed by atoms with van der Waals surface area (Å²) in [5.74, 6) is 0.0971. The first-order valence-corrected chi connectivity index (χ1v) is 5.29. The molecular weight excluding hydrogens is 216 g/mol. The molecule has 90 valence electrons. The van der Waals surface area contributed by atoms with E-state index in [0.717, 1.165) is 13.0 Å². The Bertz CT molecular complexity index is 202. The van der Waals surface area contributed by atoms with E-state index in [1.54, 1.807) is 0 Å². The number of hydrogen-bond donors (Lipinski definition) is 1. The lowest BCUT2D eigenvalue weighted by atomic mass is 10.1. The summed E-state index contributed by atoms with van der Waals surface area (Å²) in [6.45, 7) is 6.46. The van der Waals surface area contributed by atoms with Crippen LogP contribution in [0.5, 0.6) is 0 Å². The fourth-order valence-corrected chi connectivity index (χ4v) is 1.58. The molecule has 5 heteroatoms. The monoisotopic (exact) mass is 236 g/mol. The summed E-state index contributed by atoms with van der Waals surface area (Å²) in [4.78, 5) is 13.7. The Morgan fingerprint density at radius 2 is 2.33 bits per heavy atom. The number of carbonyl (C=O) groups excluding carboxylic acids is 1. The van der Waals surface area contributed by atoms with Gasteiger partial charge < -0.3 is 15.4 Å². The maximum absolute atomic E-state index is 11.8. The van der Waals surface area contributed by atoms with Crippen molar-refractivity contribution in [1.29, 1.82) is 0 Å². The molecule has 1 aliphatic rings. The van der Waals surface area contributed by atoms with E-state index in [4.69, 9.17) is 10.5 Å². The van der Waals surface area contributed by atoms with Crippen LogP contribution in [0.3, 0.4) is 0 Å². The number of carbonyl (C=O) groups is 1. The van der Waals surface area contributed by atoms with E-state index in [-0.39, 0.29) is 30.3 Å². The molecule has 0 bridgehead atoms. The number of morpholine rings is 1. The van der Waals surface area contributed by atoms with Gasteiger partial charge in [0.1, 0.15) is 0 Å². The van der Waals surface area contributed by atoms with Crippen LogP contribution in [0.2, 0.25) is 0 Å². The fourth-order valence-electron chi connectivity index (χ4n) is 1.58. The molecular formula is C10H21ClN2O2. The third-order valence-electron chi connectivity index (χ3n) is 2.68. The SMILES string of the molecule is CCC1CN(C(=O)C(C)CN)CCO1.Cl. The molecule has 2 N–H and O–H groups in total. The van der Waals surface area contributed by atoms with Crippen LogP contribution in [0.15, 0.2) is 0 Å². The Hall–Kier alpha value is -0.320. The molecule has 0 aromatic heterocycles. The van der Waals surface area contributed by atoms with Gasteiger partial charge in [0.2, 0.25) is 5.91 Å². The lowest BCUT2D eigenvalue weighted by Gasteiger charge is -2.33. The zero-order valence-corrected chi connectivity index (χ0v) is 10.3. The van der Waals surface area contributed by atoms with Crippen molar-refractivity contribution in [3.05, 3.63) is 0 Å². The van der Waals surface area contributed by atoms with E-state index in [0.29, 0.717) is 19.7 Å². The highest BCUT2D eigenvalue weighted by Gasteiger charge is 2.25. The van der Waals surface area contributed by atoms with E-state index in [2.05, 4.69) is 6.92 Å². The van der Waals surface area contributed by atoms with Gasteiger partial charge >= 0.3 is 0 Å². The second-order valence-electron chi connectivity index (χ2n) is 3.82. The Kier molecular flexibility index (Phi) is 6.89. The summed E-state index contributed by atoms with van der Waals surface area (Å²) in [7, 11) is 0. The van der Waals surface area contributed by atoms with Crippen molar-refractivity contribution in [3.8, 4) is 0 Å². The Morgan fingerprint density at radius 1 is 1.67 bits per heavy atom. The van der Waals surface area contributed by atoms with Crippen LogP contribution in [-0.2, 0) is 9.53 Å². The predicted octanol–water partition coefficient (Wildman–Crippen LogP) is 0.640. The molecule has 1 rings (SSSR count). The van der Waals surface area contributed by atoms with Gasteiger partial charge in [-0.05, 0) is 6.42 Å². The number of amides is 1. The molecule has 1 heterocycles. The molecule has 0 spiro atoms. The first-order chi connectivity index (χ1) is 6.69. The van der Waals surface area contributed by atoms with Crippen molar-refractivity contribution in [2.75, 3.05) is 26.2 Å². The highest BCUT2D eigenvalue weighted by Crippen LogP contribution is 2.11. The normalized spacial score (nSPS) is 23.1. The zero-order valence-electron chi connectivity index (χ0n) is 9.44. The topological polar surface area (TPSA) is 55.6 Å². The van der Waals surface area contributed by atoms with Crippen molar-refractivity contribution in [2.24, 2.45) is 11.7 Å². The highest BCUT2D eigenvalue weighted by molar-refractivity contribution is 5.85. The van der Waals surface area contributed by atoms with E-state index < -0.39 is 0 Å². The van der Waals surface area contributed by atoms with E-state index in [1.807, 2.05) is 11.8 Å². The van der Waals surface area contributed by atoms with Crippen molar-refractivity contribution in [1.82, 2.24) is 4.90 Å². The molecule has 0 radical (unpaired) electrons. The summed E-state index contributed by atoms with van der Waals surface area (Å²) in [6, 6.07) is 0. The molecule has 2 atom stereocenters. The Balaban J connectivity index is 0.00000196. The summed E-state index contributed by atoms with van der Waals surface area (Å²) < 4.78 is 5.50. The quantitative estimate of drug-likeness (QED) is 0.783. The number of ether oxygens (including phenoxy) is 1. The van der Waals surface area contributed by atoms with Crippen molar-refractivity contribution in [3.63, 3.8) is 0 Å². The average Bonchev–Trinajstić information content (AvgIpc) is 2.27. The van der Waals surface area contributed by atoms with Crippen LogP contribution in [0.4, 0.5) is 0 Å². The Morgan fingerprint density at radius 3 is 2.87 bits per heavy atom.